The normalized spacial score (nSPS) is 12.2. The van der Waals surface area contributed by atoms with Crippen molar-refractivity contribution in [3.05, 3.63) is 43.5 Å². The van der Waals surface area contributed by atoms with Gasteiger partial charge in [-0.15, -0.1) is 11.3 Å². The van der Waals surface area contributed by atoms with Gasteiger partial charge in [-0.25, -0.2) is 9.97 Å². The highest BCUT2D eigenvalue weighted by Crippen LogP contribution is 2.29. The zero-order valence-electron chi connectivity index (χ0n) is 10.3. The Morgan fingerprint density at radius 3 is 2.89 bits per heavy atom. The maximum atomic E-state index is 10.9. The van der Waals surface area contributed by atoms with E-state index in [-0.39, 0.29) is 22.6 Å². The number of nitro groups is 1. The molecule has 6 nitrogen and oxygen atoms in total. The molecule has 0 amide bonds. The molecule has 1 N–H and O–H groups in total. The van der Waals surface area contributed by atoms with Gasteiger partial charge in [0.15, 0.2) is 0 Å². The largest absolute Gasteiger partial charge is 0.355 e. The third-order valence-electron chi connectivity index (χ3n) is 2.39. The molecule has 0 radical (unpaired) electrons. The molecule has 1 unspecified atom stereocenters. The summed E-state index contributed by atoms with van der Waals surface area (Å²) in [5.74, 6) is 0.190. The molecule has 0 aliphatic rings. The predicted molar refractivity (Wildman–Crippen MR) is 74.8 cm³/mol. The molecule has 19 heavy (non-hydrogen) atoms. The highest BCUT2D eigenvalue weighted by Gasteiger charge is 2.19. The Morgan fingerprint density at radius 2 is 2.32 bits per heavy atom. The molecule has 0 spiro atoms. The van der Waals surface area contributed by atoms with E-state index in [1.54, 1.807) is 0 Å². The summed E-state index contributed by atoms with van der Waals surface area (Å²) in [7, 11) is 0. The Kier molecular flexibility index (Phi) is 3.96. The van der Waals surface area contributed by atoms with Crippen LogP contribution in [0.5, 0.6) is 0 Å². The number of thiazole rings is 1. The molecule has 2 aromatic rings. The summed E-state index contributed by atoms with van der Waals surface area (Å²) < 4.78 is 0. The van der Waals surface area contributed by atoms with Crippen LogP contribution in [0.4, 0.5) is 11.5 Å². The standard InChI is InChI=1S/C11H11ClN4O2S/c1-6-5-19-11(14-6)7(2)15-10-9(16(17)18)3-8(12)4-13-10/h3-5,7H,1-2H3,(H,13,15). The van der Waals surface area contributed by atoms with E-state index in [9.17, 15) is 10.1 Å². The van der Waals surface area contributed by atoms with Crippen molar-refractivity contribution in [3.8, 4) is 0 Å². The number of pyridine rings is 1. The number of nitrogens with zero attached hydrogens (tertiary/aromatic N) is 3. The van der Waals surface area contributed by atoms with E-state index in [0.29, 0.717) is 0 Å². The second kappa shape index (κ2) is 5.50. The number of rotatable bonds is 4. The van der Waals surface area contributed by atoms with Crippen LogP contribution < -0.4 is 5.32 Å². The van der Waals surface area contributed by atoms with Crippen LogP contribution >= 0.6 is 22.9 Å². The van der Waals surface area contributed by atoms with Crippen molar-refractivity contribution < 1.29 is 4.92 Å². The first-order valence-electron chi connectivity index (χ1n) is 5.46. The maximum absolute atomic E-state index is 10.9. The fraction of sp³-hybridized carbons (Fsp3) is 0.273. The average Bonchev–Trinajstić information content (AvgIpc) is 2.78. The third-order valence-corrected chi connectivity index (χ3v) is 3.74. The Labute approximate surface area is 118 Å². The van der Waals surface area contributed by atoms with Gasteiger partial charge in [-0.2, -0.15) is 0 Å². The Bertz CT molecular complexity index is 616. The molecule has 0 saturated carbocycles. The molecule has 0 fully saturated rings. The first-order valence-corrected chi connectivity index (χ1v) is 6.71. The lowest BCUT2D eigenvalue weighted by Gasteiger charge is -2.11. The zero-order chi connectivity index (χ0) is 14.0. The molecule has 100 valence electrons. The highest BCUT2D eigenvalue weighted by molar-refractivity contribution is 7.09. The summed E-state index contributed by atoms with van der Waals surface area (Å²) in [6.07, 6.45) is 1.37. The number of aromatic nitrogens is 2. The minimum atomic E-state index is -0.513. The van der Waals surface area contributed by atoms with Gasteiger partial charge < -0.3 is 5.32 Å². The number of hydrogen-bond acceptors (Lipinski definition) is 6. The summed E-state index contributed by atoms with van der Waals surface area (Å²) in [5, 5.41) is 16.9. The quantitative estimate of drug-likeness (QED) is 0.689. The van der Waals surface area contributed by atoms with Crippen molar-refractivity contribution in [2.75, 3.05) is 5.32 Å². The van der Waals surface area contributed by atoms with E-state index in [2.05, 4.69) is 15.3 Å². The van der Waals surface area contributed by atoms with Crippen molar-refractivity contribution in [1.29, 1.82) is 0 Å². The second-order valence-corrected chi connectivity index (χ2v) is 5.30. The molecule has 0 aromatic carbocycles. The molecular weight excluding hydrogens is 288 g/mol. The van der Waals surface area contributed by atoms with Gasteiger partial charge in [0.05, 0.1) is 16.0 Å². The highest BCUT2D eigenvalue weighted by atomic mass is 35.5. The SMILES string of the molecule is Cc1csc(C(C)Nc2ncc(Cl)cc2[N+](=O)[O-])n1. The monoisotopic (exact) mass is 298 g/mol. The Hall–Kier alpha value is -1.73. The van der Waals surface area contributed by atoms with E-state index in [1.165, 1.54) is 23.6 Å². The second-order valence-electron chi connectivity index (χ2n) is 3.97. The lowest BCUT2D eigenvalue weighted by molar-refractivity contribution is -0.384. The molecule has 2 rings (SSSR count). The minimum absolute atomic E-state index is 0.146. The molecule has 2 aromatic heterocycles. The van der Waals surface area contributed by atoms with Crippen molar-refractivity contribution in [2.24, 2.45) is 0 Å². The van der Waals surface area contributed by atoms with Gasteiger partial charge in [0.2, 0.25) is 5.82 Å². The first-order chi connectivity index (χ1) is 8.97. The van der Waals surface area contributed by atoms with Crippen LogP contribution in [0.15, 0.2) is 17.6 Å². The lowest BCUT2D eigenvalue weighted by atomic mass is 10.3. The number of nitrogens with one attached hydrogen (secondary N) is 1. The maximum Gasteiger partial charge on any atom is 0.312 e. The summed E-state index contributed by atoms with van der Waals surface area (Å²) >= 11 is 7.21. The first kappa shape index (κ1) is 13.7. The topological polar surface area (TPSA) is 81.0 Å². The summed E-state index contributed by atoms with van der Waals surface area (Å²) in [4.78, 5) is 18.7. The molecular formula is C11H11ClN4O2S. The zero-order valence-corrected chi connectivity index (χ0v) is 11.8. The van der Waals surface area contributed by atoms with Crippen LogP contribution in [0.25, 0.3) is 0 Å². The van der Waals surface area contributed by atoms with Crippen LogP contribution in [0.3, 0.4) is 0 Å². The van der Waals surface area contributed by atoms with E-state index in [0.717, 1.165) is 10.7 Å². The number of hydrogen-bond donors (Lipinski definition) is 1. The van der Waals surface area contributed by atoms with Crippen molar-refractivity contribution in [2.45, 2.75) is 19.9 Å². The number of aryl methyl sites for hydroxylation is 1. The number of halogens is 1. The number of anilines is 1. The predicted octanol–water partition coefficient (Wildman–Crippen LogP) is 3.58. The Balaban J connectivity index is 2.26. The van der Waals surface area contributed by atoms with E-state index in [4.69, 9.17) is 11.6 Å². The smallest absolute Gasteiger partial charge is 0.312 e. The van der Waals surface area contributed by atoms with Crippen molar-refractivity contribution >= 4 is 34.4 Å². The van der Waals surface area contributed by atoms with Gasteiger partial charge in [-0.1, -0.05) is 11.6 Å². The van der Waals surface area contributed by atoms with E-state index in [1.807, 2.05) is 19.2 Å². The molecule has 1 atom stereocenters. The van der Waals surface area contributed by atoms with Gasteiger partial charge in [0, 0.05) is 23.3 Å². The van der Waals surface area contributed by atoms with Crippen LogP contribution in [0.1, 0.15) is 23.7 Å². The molecule has 0 aliphatic carbocycles. The van der Waals surface area contributed by atoms with Gasteiger partial charge in [0.1, 0.15) is 5.01 Å². The third kappa shape index (κ3) is 3.18. The minimum Gasteiger partial charge on any atom is -0.355 e. The van der Waals surface area contributed by atoms with Crippen molar-refractivity contribution in [3.63, 3.8) is 0 Å². The fourth-order valence-corrected chi connectivity index (χ4v) is 2.47. The summed E-state index contributed by atoms with van der Waals surface area (Å²) in [6.45, 7) is 3.77. The van der Waals surface area contributed by atoms with Crippen LogP contribution in [0.2, 0.25) is 5.02 Å². The fourth-order valence-electron chi connectivity index (χ4n) is 1.52. The van der Waals surface area contributed by atoms with Crippen molar-refractivity contribution in [1.82, 2.24) is 9.97 Å². The molecule has 0 bridgehead atoms. The summed E-state index contributed by atoms with van der Waals surface area (Å²) in [6, 6.07) is 1.11. The average molecular weight is 299 g/mol. The van der Waals surface area contributed by atoms with Gasteiger partial charge in [-0.05, 0) is 13.8 Å². The van der Waals surface area contributed by atoms with Gasteiger partial charge >= 0.3 is 5.69 Å². The summed E-state index contributed by atoms with van der Waals surface area (Å²) in [5.41, 5.74) is 0.778. The van der Waals surface area contributed by atoms with Gasteiger partial charge in [-0.3, -0.25) is 10.1 Å². The molecule has 0 saturated heterocycles. The van der Waals surface area contributed by atoms with Crippen LogP contribution in [-0.2, 0) is 0 Å². The van der Waals surface area contributed by atoms with E-state index >= 15 is 0 Å². The van der Waals surface area contributed by atoms with Crippen LogP contribution in [-0.4, -0.2) is 14.9 Å². The van der Waals surface area contributed by atoms with Crippen LogP contribution in [0, 0.1) is 17.0 Å². The van der Waals surface area contributed by atoms with Gasteiger partial charge in [0.25, 0.3) is 0 Å². The molecule has 2 heterocycles. The molecule has 0 aliphatic heterocycles. The Morgan fingerprint density at radius 1 is 1.58 bits per heavy atom. The lowest BCUT2D eigenvalue weighted by Crippen LogP contribution is -2.09. The van der Waals surface area contributed by atoms with E-state index < -0.39 is 4.92 Å². The molecule has 8 heteroatoms.